The van der Waals surface area contributed by atoms with Gasteiger partial charge in [-0.3, -0.25) is 0 Å². The normalized spacial score (nSPS) is 23.3. The highest BCUT2D eigenvalue weighted by molar-refractivity contribution is 7.12. The van der Waals surface area contributed by atoms with Gasteiger partial charge in [0.25, 0.3) is 0 Å². The summed E-state index contributed by atoms with van der Waals surface area (Å²) in [5, 5.41) is 10.6. The molecule has 17 heavy (non-hydrogen) atoms. The average Bonchev–Trinajstić information content (AvgIpc) is 2.87. The maximum atomic E-state index is 9.34. The van der Waals surface area contributed by atoms with Gasteiger partial charge >= 0.3 is 0 Å². The van der Waals surface area contributed by atoms with Crippen LogP contribution in [0.1, 0.15) is 47.2 Å². The van der Waals surface area contributed by atoms with Crippen molar-refractivity contribution in [3.8, 4) is 6.07 Å². The van der Waals surface area contributed by atoms with Crippen LogP contribution in [-0.2, 0) is 10.2 Å². The van der Waals surface area contributed by atoms with Crippen LogP contribution in [0.15, 0.2) is 0 Å². The summed E-state index contributed by atoms with van der Waals surface area (Å²) in [5.41, 5.74) is 0.653. The molecular weight excluding hydrogens is 232 g/mol. The number of ether oxygens (including phenoxy) is 1. The predicted octanol–water partition coefficient (Wildman–Crippen LogP) is 2.90. The average molecular weight is 248 g/mol. The second-order valence-electron chi connectivity index (χ2n) is 5.13. The first-order chi connectivity index (χ1) is 8.25. The molecule has 2 aliphatic rings. The van der Waals surface area contributed by atoms with Gasteiger partial charge in [0.15, 0.2) is 0 Å². The largest absolute Gasteiger partial charge is 0.377 e. The summed E-state index contributed by atoms with van der Waals surface area (Å²) in [6.45, 7) is 3.11. The van der Waals surface area contributed by atoms with Crippen molar-refractivity contribution in [2.45, 2.75) is 43.9 Å². The molecule has 2 fully saturated rings. The highest BCUT2D eigenvalue weighted by atomic mass is 32.1. The summed E-state index contributed by atoms with van der Waals surface area (Å²) in [6, 6.07) is 2.42. The lowest BCUT2D eigenvalue weighted by Gasteiger charge is -2.34. The number of rotatable bonds is 2. The van der Waals surface area contributed by atoms with Gasteiger partial charge in [0.2, 0.25) is 0 Å². The molecule has 0 amide bonds. The van der Waals surface area contributed by atoms with Crippen LogP contribution in [0.2, 0.25) is 0 Å². The van der Waals surface area contributed by atoms with E-state index < -0.39 is 5.41 Å². The van der Waals surface area contributed by atoms with Crippen LogP contribution in [0.25, 0.3) is 0 Å². The molecule has 1 aromatic heterocycles. The topological polar surface area (TPSA) is 45.9 Å². The molecule has 3 rings (SSSR count). The van der Waals surface area contributed by atoms with E-state index in [-0.39, 0.29) is 0 Å². The van der Waals surface area contributed by atoms with Gasteiger partial charge in [-0.1, -0.05) is 12.8 Å². The molecule has 0 atom stereocenters. The summed E-state index contributed by atoms with van der Waals surface area (Å²) in [7, 11) is 0. The molecule has 0 unspecified atom stereocenters. The van der Waals surface area contributed by atoms with E-state index in [0.717, 1.165) is 10.6 Å². The molecular formula is C13H16N2OS. The Labute approximate surface area is 105 Å². The quantitative estimate of drug-likeness (QED) is 0.808. The van der Waals surface area contributed by atoms with E-state index in [2.05, 4.69) is 6.07 Å². The highest BCUT2D eigenvalue weighted by Crippen LogP contribution is 2.42. The molecule has 3 nitrogen and oxygen atoms in total. The van der Waals surface area contributed by atoms with Crippen molar-refractivity contribution in [3.05, 3.63) is 15.6 Å². The van der Waals surface area contributed by atoms with Crippen LogP contribution < -0.4 is 0 Å². The van der Waals surface area contributed by atoms with Crippen LogP contribution >= 0.6 is 11.3 Å². The summed E-state index contributed by atoms with van der Waals surface area (Å²) in [5.74, 6) is 0.643. The van der Waals surface area contributed by atoms with Crippen molar-refractivity contribution in [2.75, 3.05) is 13.2 Å². The van der Waals surface area contributed by atoms with E-state index in [9.17, 15) is 5.26 Å². The summed E-state index contributed by atoms with van der Waals surface area (Å²) >= 11 is 1.75. The van der Waals surface area contributed by atoms with Gasteiger partial charge in [-0.25, -0.2) is 4.98 Å². The Morgan fingerprint density at radius 3 is 2.65 bits per heavy atom. The number of hydrogen-bond donors (Lipinski definition) is 0. The molecule has 0 bridgehead atoms. The zero-order valence-electron chi connectivity index (χ0n) is 10.0. The van der Waals surface area contributed by atoms with Gasteiger partial charge in [-0.15, -0.1) is 11.3 Å². The first-order valence-corrected chi connectivity index (χ1v) is 7.04. The number of thiazole rings is 1. The Morgan fingerprint density at radius 1 is 1.41 bits per heavy atom. The third-order valence-electron chi connectivity index (χ3n) is 3.86. The maximum absolute atomic E-state index is 9.34. The molecule has 0 radical (unpaired) electrons. The fraction of sp³-hybridized carbons (Fsp3) is 0.692. The van der Waals surface area contributed by atoms with E-state index in [1.807, 2.05) is 6.92 Å². The lowest BCUT2D eigenvalue weighted by Crippen LogP contribution is -2.45. The Hall–Kier alpha value is -0.920. The summed E-state index contributed by atoms with van der Waals surface area (Å²) in [4.78, 5) is 5.85. The van der Waals surface area contributed by atoms with Gasteiger partial charge < -0.3 is 4.74 Å². The minimum absolute atomic E-state index is 0.390. The molecule has 1 aliphatic carbocycles. The second kappa shape index (κ2) is 4.08. The van der Waals surface area contributed by atoms with Crippen LogP contribution in [-0.4, -0.2) is 18.2 Å². The molecule has 0 N–H and O–H groups in total. The SMILES string of the molecule is Cc1nc(C2CCCC2)sc1C1(C#N)COC1. The van der Waals surface area contributed by atoms with Gasteiger partial charge in [0.05, 0.1) is 34.9 Å². The molecule has 1 aromatic rings. The Bertz CT molecular complexity index is 464. The van der Waals surface area contributed by atoms with Gasteiger partial charge in [-0.2, -0.15) is 5.26 Å². The third kappa shape index (κ3) is 1.69. The van der Waals surface area contributed by atoms with Crippen molar-refractivity contribution in [1.29, 1.82) is 5.26 Å². The molecule has 0 aromatic carbocycles. The lowest BCUT2D eigenvalue weighted by molar-refractivity contribution is -0.0284. The van der Waals surface area contributed by atoms with Crippen LogP contribution in [0.5, 0.6) is 0 Å². The minimum atomic E-state index is -0.390. The Kier molecular flexibility index (Phi) is 2.68. The molecule has 90 valence electrons. The number of aromatic nitrogens is 1. The number of nitriles is 1. The van der Waals surface area contributed by atoms with Crippen molar-refractivity contribution >= 4 is 11.3 Å². The minimum Gasteiger partial charge on any atom is -0.377 e. The van der Waals surface area contributed by atoms with Crippen molar-refractivity contribution in [1.82, 2.24) is 4.98 Å². The predicted molar refractivity (Wildman–Crippen MR) is 66.2 cm³/mol. The number of hydrogen-bond acceptors (Lipinski definition) is 4. The van der Waals surface area contributed by atoms with E-state index in [4.69, 9.17) is 9.72 Å². The summed E-state index contributed by atoms with van der Waals surface area (Å²) in [6.07, 6.45) is 5.18. The van der Waals surface area contributed by atoms with Gasteiger partial charge in [0.1, 0.15) is 5.41 Å². The summed E-state index contributed by atoms with van der Waals surface area (Å²) < 4.78 is 5.23. The maximum Gasteiger partial charge on any atom is 0.140 e. The van der Waals surface area contributed by atoms with Crippen LogP contribution in [0.4, 0.5) is 0 Å². The fourth-order valence-electron chi connectivity index (χ4n) is 2.76. The third-order valence-corrected chi connectivity index (χ3v) is 5.39. The first-order valence-electron chi connectivity index (χ1n) is 6.22. The van der Waals surface area contributed by atoms with Gasteiger partial charge in [-0.05, 0) is 19.8 Å². The molecule has 0 spiro atoms. The molecule has 2 heterocycles. The Morgan fingerprint density at radius 2 is 2.12 bits per heavy atom. The smallest absolute Gasteiger partial charge is 0.140 e. The van der Waals surface area contributed by atoms with E-state index in [1.54, 1.807) is 11.3 Å². The van der Waals surface area contributed by atoms with E-state index >= 15 is 0 Å². The monoisotopic (exact) mass is 248 g/mol. The standard InChI is InChI=1S/C13H16N2OS/c1-9-11(13(6-14)7-16-8-13)17-12(15-9)10-4-2-3-5-10/h10H,2-5,7-8H2,1H3. The second-order valence-corrected chi connectivity index (χ2v) is 6.17. The van der Waals surface area contributed by atoms with Crippen LogP contribution in [0, 0.1) is 18.3 Å². The fourth-order valence-corrected chi connectivity index (χ4v) is 4.11. The van der Waals surface area contributed by atoms with Crippen molar-refractivity contribution < 1.29 is 4.74 Å². The first kappa shape index (κ1) is 11.2. The highest BCUT2D eigenvalue weighted by Gasteiger charge is 2.44. The van der Waals surface area contributed by atoms with Crippen LogP contribution in [0.3, 0.4) is 0 Å². The molecule has 1 saturated heterocycles. The molecule has 1 saturated carbocycles. The van der Waals surface area contributed by atoms with E-state index in [0.29, 0.717) is 19.1 Å². The zero-order valence-corrected chi connectivity index (χ0v) is 10.8. The molecule has 4 heteroatoms. The lowest BCUT2D eigenvalue weighted by atomic mass is 9.85. The zero-order chi connectivity index (χ0) is 11.9. The van der Waals surface area contributed by atoms with Crippen molar-refractivity contribution in [2.24, 2.45) is 0 Å². The van der Waals surface area contributed by atoms with Crippen molar-refractivity contribution in [3.63, 3.8) is 0 Å². The van der Waals surface area contributed by atoms with E-state index in [1.165, 1.54) is 30.7 Å². The molecule has 1 aliphatic heterocycles. The van der Waals surface area contributed by atoms with Gasteiger partial charge in [0, 0.05) is 5.92 Å². The number of aryl methyl sites for hydroxylation is 1. The number of nitrogens with zero attached hydrogens (tertiary/aromatic N) is 2. The Balaban J connectivity index is 1.93.